The number of hydrogen-bond acceptors (Lipinski definition) is 3. The van der Waals surface area contributed by atoms with Crippen molar-refractivity contribution < 1.29 is 0 Å². The van der Waals surface area contributed by atoms with Crippen molar-refractivity contribution in [1.82, 2.24) is 9.78 Å². The summed E-state index contributed by atoms with van der Waals surface area (Å²) in [5.74, 6) is 1.07. The van der Waals surface area contributed by atoms with Gasteiger partial charge in [-0.1, -0.05) is 12.1 Å². The van der Waals surface area contributed by atoms with Gasteiger partial charge in [0, 0.05) is 25.3 Å². The Bertz CT molecular complexity index is 516. The van der Waals surface area contributed by atoms with E-state index in [1.807, 2.05) is 36.9 Å². The molecule has 2 rings (SSSR count). The van der Waals surface area contributed by atoms with Crippen LogP contribution in [0.25, 0.3) is 0 Å². The molecule has 96 valence electrons. The lowest BCUT2D eigenvalue weighted by atomic mass is 10.1. The molecule has 0 unspecified atom stereocenters. The van der Waals surface area contributed by atoms with E-state index in [2.05, 4.69) is 22.5 Å². The molecule has 4 heteroatoms. The molecule has 0 fully saturated rings. The molecule has 2 aromatic rings. The van der Waals surface area contributed by atoms with Crippen LogP contribution in [-0.2, 0) is 13.5 Å². The number of nitrogens with one attached hydrogen (secondary N) is 1. The van der Waals surface area contributed by atoms with Gasteiger partial charge in [0.1, 0.15) is 5.82 Å². The first kappa shape index (κ1) is 12.5. The summed E-state index contributed by atoms with van der Waals surface area (Å²) >= 11 is 0. The number of hydrogen-bond donors (Lipinski definition) is 2. The Morgan fingerprint density at radius 2 is 2.17 bits per heavy atom. The zero-order valence-electron chi connectivity index (χ0n) is 11.0. The molecular formula is C14H20N4. The molecule has 4 nitrogen and oxygen atoms in total. The number of aromatic nitrogens is 2. The van der Waals surface area contributed by atoms with Crippen molar-refractivity contribution in [2.75, 3.05) is 17.6 Å². The Morgan fingerprint density at radius 1 is 1.33 bits per heavy atom. The lowest BCUT2D eigenvalue weighted by Gasteiger charge is -2.06. The summed E-state index contributed by atoms with van der Waals surface area (Å²) in [6.07, 6.45) is 2.11. The molecule has 0 atom stereocenters. The zero-order chi connectivity index (χ0) is 13.0. The minimum atomic E-state index is 0.836. The maximum Gasteiger partial charge on any atom is 0.124 e. The number of nitrogens with two attached hydrogens (primary N) is 1. The van der Waals surface area contributed by atoms with E-state index in [0.717, 1.165) is 36.6 Å². The third-order valence-corrected chi connectivity index (χ3v) is 2.90. The molecule has 0 saturated carbocycles. The van der Waals surface area contributed by atoms with Gasteiger partial charge in [0.15, 0.2) is 0 Å². The van der Waals surface area contributed by atoms with Crippen LogP contribution in [0.1, 0.15) is 17.7 Å². The van der Waals surface area contributed by atoms with Crippen molar-refractivity contribution >= 4 is 11.5 Å². The standard InChI is InChI=1S/C14H20N4/c1-11-9-14(18(2)17-11)16-8-4-6-12-5-3-7-13(15)10-12/h3,5,7,9-10,16H,4,6,8,15H2,1-2H3. The van der Waals surface area contributed by atoms with Gasteiger partial charge in [-0.2, -0.15) is 5.10 Å². The summed E-state index contributed by atoms with van der Waals surface area (Å²) in [4.78, 5) is 0. The Labute approximate surface area is 108 Å². The highest BCUT2D eigenvalue weighted by Crippen LogP contribution is 2.10. The molecule has 1 aromatic carbocycles. The predicted octanol–water partition coefficient (Wildman–Crippen LogP) is 2.36. The summed E-state index contributed by atoms with van der Waals surface area (Å²) in [7, 11) is 1.95. The highest BCUT2D eigenvalue weighted by atomic mass is 15.3. The quantitative estimate of drug-likeness (QED) is 0.627. The number of rotatable bonds is 5. The molecule has 0 aliphatic carbocycles. The highest BCUT2D eigenvalue weighted by molar-refractivity contribution is 5.40. The monoisotopic (exact) mass is 244 g/mol. The summed E-state index contributed by atoms with van der Waals surface area (Å²) in [5.41, 5.74) is 8.91. The van der Waals surface area contributed by atoms with Crippen LogP contribution in [0.3, 0.4) is 0 Å². The smallest absolute Gasteiger partial charge is 0.124 e. The lowest BCUT2D eigenvalue weighted by molar-refractivity contribution is 0.751. The molecule has 0 amide bonds. The van der Waals surface area contributed by atoms with Crippen molar-refractivity contribution in [1.29, 1.82) is 0 Å². The number of nitrogen functional groups attached to an aromatic ring is 1. The Balaban J connectivity index is 1.78. The van der Waals surface area contributed by atoms with Crippen LogP contribution >= 0.6 is 0 Å². The Kier molecular flexibility index (Phi) is 3.87. The Hall–Kier alpha value is -1.97. The molecular weight excluding hydrogens is 224 g/mol. The minimum Gasteiger partial charge on any atom is -0.399 e. The molecule has 18 heavy (non-hydrogen) atoms. The van der Waals surface area contributed by atoms with E-state index in [9.17, 15) is 0 Å². The zero-order valence-corrected chi connectivity index (χ0v) is 11.0. The van der Waals surface area contributed by atoms with Crippen LogP contribution < -0.4 is 11.1 Å². The molecule has 3 N–H and O–H groups in total. The molecule has 1 aromatic heterocycles. The maximum atomic E-state index is 5.75. The fourth-order valence-electron chi connectivity index (χ4n) is 2.03. The van der Waals surface area contributed by atoms with Crippen molar-refractivity contribution in [2.24, 2.45) is 7.05 Å². The molecule has 0 aliphatic rings. The van der Waals surface area contributed by atoms with Gasteiger partial charge in [-0.25, -0.2) is 0 Å². The van der Waals surface area contributed by atoms with E-state index in [0.29, 0.717) is 0 Å². The molecule has 0 aliphatic heterocycles. The largest absolute Gasteiger partial charge is 0.399 e. The average molecular weight is 244 g/mol. The van der Waals surface area contributed by atoms with Crippen LogP contribution in [0, 0.1) is 6.92 Å². The summed E-state index contributed by atoms with van der Waals surface area (Å²) in [5, 5.41) is 7.69. The molecule has 0 radical (unpaired) electrons. The average Bonchev–Trinajstić information content (AvgIpc) is 2.64. The number of benzene rings is 1. The third kappa shape index (κ3) is 3.26. The van der Waals surface area contributed by atoms with Crippen LogP contribution in [0.5, 0.6) is 0 Å². The van der Waals surface area contributed by atoms with E-state index in [1.165, 1.54) is 5.56 Å². The van der Waals surface area contributed by atoms with Crippen LogP contribution in [0.15, 0.2) is 30.3 Å². The van der Waals surface area contributed by atoms with Gasteiger partial charge in [-0.3, -0.25) is 4.68 Å². The second kappa shape index (κ2) is 5.58. The SMILES string of the molecule is Cc1cc(NCCCc2cccc(N)c2)n(C)n1. The Morgan fingerprint density at radius 3 is 2.83 bits per heavy atom. The minimum absolute atomic E-state index is 0.836. The van der Waals surface area contributed by atoms with Gasteiger partial charge < -0.3 is 11.1 Å². The van der Waals surface area contributed by atoms with Crippen LogP contribution in [0.4, 0.5) is 11.5 Å². The van der Waals surface area contributed by atoms with Gasteiger partial charge >= 0.3 is 0 Å². The van der Waals surface area contributed by atoms with Gasteiger partial charge in [-0.15, -0.1) is 0 Å². The van der Waals surface area contributed by atoms with Gasteiger partial charge in [-0.05, 0) is 37.5 Å². The van der Waals surface area contributed by atoms with Crippen molar-refractivity contribution in [3.8, 4) is 0 Å². The fourth-order valence-corrected chi connectivity index (χ4v) is 2.03. The summed E-state index contributed by atoms with van der Waals surface area (Å²) < 4.78 is 1.87. The summed E-state index contributed by atoms with van der Waals surface area (Å²) in [6, 6.07) is 10.1. The normalized spacial score (nSPS) is 10.6. The highest BCUT2D eigenvalue weighted by Gasteiger charge is 2.00. The van der Waals surface area contributed by atoms with Crippen molar-refractivity contribution in [3.05, 3.63) is 41.6 Å². The van der Waals surface area contributed by atoms with E-state index in [4.69, 9.17) is 5.73 Å². The fraction of sp³-hybridized carbons (Fsp3) is 0.357. The van der Waals surface area contributed by atoms with E-state index in [1.54, 1.807) is 0 Å². The topological polar surface area (TPSA) is 55.9 Å². The van der Waals surface area contributed by atoms with E-state index < -0.39 is 0 Å². The second-order valence-corrected chi connectivity index (χ2v) is 4.57. The van der Waals surface area contributed by atoms with Crippen LogP contribution in [-0.4, -0.2) is 16.3 Å². The molecule has 0 spiro atoms. The van der Waals surface area contributed by atoms with Gasteiger partial charge in [0.25, 0.3) is 0 Å². The van der Waals surface area contributed by atoms with E-state index >= 15 is 0 Å². The van der Waals surface area contributed by atoms with Gasteiger partial charge in [0.2, 0.25) is 0 Å². The molecule has 0 bridgehead atoms. The van der Waals surface area contributed by atoms with E-state index in [-0.39, 0.29) is 0 Å². The second-order valence-electron chi connectivity index (χ2n) is 4.57. The van der Waals surface area contributed by atoms with Crippen molar-refractivity contribution in [3.63, 3.8) is 0 Å². The summed E-state index contributed by atoms with van der Waals surface area (Å²) in [6.45, 7) is 2.94. The third-order valence-electron chi connectivity index (χ3n) is 2.90. The number of nitrogens with zero attached hydrogens (tertiary/aromatic N) is 2. The first-order chi connectivity index (χ1) is 8.65. The van der Waals surface area contributed by atoms with Gasteiger partial charge in [0.05, 0.1) is 5.69 Å². The lowest BCUT2D eigenvalue weighted by Crippen LogP contribution is -2.07. The molecule has 0 saturated heterocycles. The first-order valence-corrected chi connectivity index (χ1v) is 6.24. The number of anilines is 2. The van der Waals surface area contributed by atoms with Crippen LogP contribution in [0.2, 0.25) is 0 Å². The predicted molar refractivity (Wildman–Crippen MR) is 75.6 cm³/mol. The molecule has 1 heterocycles. The first-order valence-electron chi connectivity index (χ1n) is 6.24. The maximum absolute atomic E-state index is 5.75. The number of aryl methyl sites for hydroxylation is 3. The van der Waals surface area contributed by atoms with Crippen molar-refractivity contribution in [2.45, 2.75) is 19.8 Å².